The number of aromatic nitrogens is 1. The van der Waals surface area contributed by atoms with E-state index in [-0.39, 0.29) is 6.04 Å². The minimum absolute atomic E-state index is 0.289. The molecule has 0 radical (unpaired) electrons. The van der Waals surface area contributed by atoms with Gasteiger partial charge in [0.1, 0.15) is 17.1 Å². The van der Waals surface area contributed by atoms with Gasteiger partial charge in [0.15, 0.2) is 5.76 Å². The van der Waals surface area contributed by atoms with Gasteiger partial charge in [0.05, 0.1) is 7.11 Å². The number of rotatable bonds is 6. The maximum Gasteiger partial charge on any atom is 0.163 e. The molecule has 0 spiro atoms. The first-order chi connectivity index (χ1) is 10.2. The number of para-hydroxylation sites is 1. The van der Waals surface area contributed by atoms with Crippen molar-refractivity contribution in [1.29, 1.82) is 0 Å². The predicted octanol–water partition coefficient (Wildman–Crippen LogP) is 3.91. The van der Waals surface area contributed by atoms with Gasteiger partial charge in [-0.25, -0.2) is 0 Å². The summed E-state index contributed by atoms with van der Waals surface area (Å²) in [6.45, 7) is 4.17. The minimum atomic E-state index is 0.289. The molecular formula is C17H22N2O2. The Kier molecular flexibility index (Phi) is 3.86. The number of anilines is 1. The van der Waals surface area contributed by atoms with E-state index in [9.17, 15) is 0 Å². The first-order valence-electron chi connectivity index (χ1n) is 7.53. The second-order valence-corrected chi connectivity index (χ2v) is 5.84. The van der Waals surface area contributed by atoms with Crippen molar-refractivity contribution >= 4 is 5.69 Å². The fourth-order valence-corrected chi connectivity index (χ4v) is 2.69. The van der Waals surface area contributed by atoms with Crippen molar-refractivity contribution in [3.63, 3.8) is 0 Å². The number of ether oxygens (including phenoxy) is 1. The predicted molar refractivity (Wildman–Crippen MR) is 83.0 cm³/mol. The fraction of sp³-hybridized carbons (Fsp3) is 0.471. The van der Waals surface area contributed by atoms with Crippen LogP contribution in [0.3, 0.4) is 0 Å². The zero-order valence-corrected chi connectivity index (χ0v) is 12.8. The lowest BCUT2D eigenvalue weighted by molar-refractivity contribution is 0.381. The van der Waals surface area contributed by atoms with Crippen molar-refractivity contribution in [2.75, 3.05) is 12.4 Å². The van der Waals surface area contributed by atoms with Gasteiger partial charge in [0, 0.05) is 12.0 Å². The minimum Gasteiger partial charge on any atom is -0.496 e. The average Bonchev–Trinajstić information content (AvgIpc) is 3.26. The van der Waals surface area contributed by atoms with Gasteiger partial charge in [0.2, 0.25) is 0 Å². The highest BCUT2D eigenvalue weighted by Crippen LogP contribution is 2.44. The van der Waals surface area contributed by atoms with Crippen molar-refractivity contribution in [3.05, 3.63) is 41.3 Å². The summed E-state index contributed by atoms with van der Waals surface area (Å²) in [5, 5.41) is 7.68. The molecule has 4 heteroatoms. The van der Waals surface area contributed by atoms with Gasteiger partial charge in [-0.1, -0.05) is 23.4 Å². The summed E-state index contributed by atoms with van der Waals surface area (Å²) in [6, 6.07) is 8.44. The zero-order valence-electron chi connectivity index (χ0n) is 12.8. The number of nitrogens with one attached hydrogen (secondary N) is 1. The third kappa shape index (κ3) is 3.04. The molecule has 1 saturated carbocycles. The Morgan fingerprint density at radius 2 is 2.14 bits per heavy atom. The van der Waals surface area contributed by atoms with Crippen molar-refractivity contribution in [2.45, 2.75) is 45.1 Å². The molecule has 0 bridgehead atoms. The monoisotopic (exact) mass is 286 g/mol. The van der Waals surface area contributed by atoms with Crippen molar-refractivity contribution in [3.8, 4) is 5.75 Å². The van der Waals surface area contributed by atoms with Crippen LogP contribution in [0, 0.1) is 6.92 Å². The molecule has 0 saturated heterocycles. The lowest BCUT2D eigenvalue weighted by atomic mass is 10.1. The summed E-state index contributed by atoms with van der Waals surface area (Å²) < 4.78 is 10.9. The molecule has 1 N–H and O–H groups in total. The smallest absolute Gasteiger partial charge is 0.163 e. The van der Waals surface area contributed by atoms with E-state index < -0.39 is 0 Å². The van der Waals surface area contributed by atoms with Crippen LogP contribution in [0.2, 0.25) is 0 Å². The lowest BCUT2D eigenvalue weighted by Crippen LogP contribution is -2.19. The molecule has 112 valence electrons. The van der Waals surface area contributed by atoms with Crippen LogP contribution in [-0.2, 0) is 6.42 Å². The molecule has 4 nitrogen and oxygen atoms in total. The molecule has 1 heterocycles. The van der Waals surface area contributed by atoms with Crippen LogP contribution in [0.1, 0.15) is 42.7 Å². The van der Waals surface area contributed by atoms with Crippen molar-refractivity contribution in [2.24, 2.45) is 0 Å². The van der Waals surface area contributed by atoms with Gasteiger partial charge in [-0.3, -0.25) is 0 Å². The van der Waals surface area contributed by atoms with E-state index in [0.29, 0.717) is 5.92 Å². The Morgan fingerprint density at radius 3 is 2.86 bits per heavy atom. The van der Waals surface area contributed by atoms with Crippen LogP contribution < -0.4 is 10.1 Å². The maximum absolute atomic E-state index is 5.48. The SMILES string of the molecule is COc1ccccc1C[C@H](C)Nc1c(C)noc1C1CC1. The summed E-state index contributed by atoms with van der Waals surface area (Å²) in [4.78, 5) is 0. The lowest BCUT2D eigenvalue weighted by Gasteiger charge is -2.17. The molecule has 21 heavy (non-hydrogen) atoms. The van der Waals surface area contributed by atoms with Crippen molar-refractivity contribution < 1.29 is 9.26 Å². The molecule has 0 aliphatic heterocycles. The number of hydrogen-bond acceptors (Lipinski definition) is 4. The highest BCUT2D eigenvalue weighted by atomic mass is 16.5. The molecule has 1 aromatic heterocycles. The molecule has 0 amide bonds. The van der Waals surface area contributed by atoms with Crippen LogP contribution in [-0.4, -0.2) is 18.3 Å². The van der Waals surface area contributed by atoms with Crippen LogP contribution in [0.25, 0.3) is 0 Å². The normalized spacial score (nSPS) is 15.8. The third-order valence-electron chi connectivity index (χ3n) is 3.95. The highest BCUT2D eigenvalue weighted by molar-refractivity contribution is 5.54. The van der Waals surface area contributed by atoms with Crippen LogP contribution in [0.15, 0.2) is 28.8 Å². The van der Waals surface area contributed by atoms with Gasteiger partial charge in [0.25, 0.3) is 0 Å². The molecule has 1 atom stereocenters. The molecule has 1 fully saturated rings. The van der Waals surface area contributed by atoms with E-state index >= 15 is 0 Å². The maximum atomic E-state index is 5.48. The Bertz CT molecular complexity index is 617. The standard InChI is InChI=1S/C17H22N2O2/c1-11(10-14-6-4-5-7-15(14)20-3)18-16-12(2)19-21-17(16)13-8-9-13/h4-7,11,13,18H,8-10H2,1-3H3/t11-/m0/s1. The van der Waals surface area contributed by atoms with E-state index in [1.165, 1.54) is 18.4 Å². The number of benzene rings is 1. The summed E-state index contributed by atoms with van der Waals surface area (Å²) in [5.41, 5.74) is 3.24. The average molecular weight is 286 g/mol. The number of hydrogen-bond donors (Lipinski definition) is 1. The van der Waals surface area contributed by atoms with Crippen LogP contribution in [0.4, 0.5) is 5.69 Å². The van der Waals surface area contributed by atoms with Gasteiger partial charge in [-0.2, -0.15) is 0 Å². The van der Waals surface area contributed by atoms with E-state index in [1.807, 2.05) is 25.1 Å². The van der Waals surface area contributed by atoms with Crippen LogP contribution >= 0.6 is 0 Å². The Labute approximate surface area is 125 Å². The van der Waals surface area contributed by atoms with Crippen LogP contribution in [0.5, 0.6) is 5.75 Å². The molecule has 3 rings (SSSR count). The quantitative estimate of drug-likeness (QED) is 0.874. The van der Waals surface area contributed by atoms with E-state index in [4.69, 9.17) is 9.26 Å². The zero-order chi connectivity index (χ0) is 14.8. The molecule has 2 aromatic rings. The van der Waals surface area contributed by atoms with Gasteiger partial charge in [-0.15, -0.1) is 0 Å². The molecule has 0 unspecified atom stereocenters. The number of nitrogens with zero attached hydrogens (tertiary/aromatic N) is 1. The van der Waals surface area contributed by atoms with Gasteiger partial charge >= 0.3 is 0 Å². The molecular weight excluding hydrogens is 264 g/mol. The first-order valence-corrected chi connectivity index (χ1v) is 7.53. The van der Waals surface area contributed by atoms with Gasteiger partial charge in [-0.05, 0) is 44.7 Å². The van der Waals surface area contributed by atoms with Crippen molar-refractivity contribution in [1.82, 2.24) is 5.16 Å². The highest BCUT2D eigenvalue weighted by Gasteiger charge is 2.32. The topological polar surface area (TPSA) is 47.3 Å². The summed E-state index contributed by atoms with van der Waals surface area (Å²) in [7, 11) is 1.71. The Balaban J connectivity index is 1.72. The third-order valence-corrected chi connectivity index (χ3v) is 3.95. The van der Waals surface area contributed by atoms with E-state index in [2.05, 4.69) is 23.5 Å². The molecule has 1 aliphatic carbocycles. The second-order valence-electron chi connectivity index (χ2n) is 5.84. The number of methoxy groups -OCH3 is 1. The Morgan fingerprint density at radius 1 is 1.38 bits per heavy atom. The van der Waals surface area contributed by atoms with E-state index in [1.54, 1.807) is 7.11 Å². The first kappa shape index (κ1) is 14.0. The van der Waals surface area contributed by atoms with E-state index in [0.717, 1.165) is 29.3 Å². The van der Waals surface area contributed by atoms with Gasteiger partial charge < -0.3 is 14.6 Å². The summed E-state index contributed by atoms with van der Waals surface area (Å²) in [5.74, 6) is 2.53. The number of aryl methyl sites for hydroxylation is 1. The molecule has 1 aliphatic rings. The largest absolute Gasteiger partial charge is 0.496 e. The summed E-state index contributed by atoms with van der Waals surface area (Å²) >= 11 is 0. The summed E-state index contributed by atoms with van der Waals surface area (Å²) in [6.07, 6.45) is 3.33. The fourth-order valence-electron chi connectivity index (χ4n) is 2.69. The Hall–Kier alpha value is -1.97. The second kappa shape index (κ2) is 5.80. The molecule has 1 aromatic carbocycles.